The minimum atomic E-state index is -0.365. The second-order valence-electron chi connectivity index (χ2n) is 6.08. The summed E-state index contributed by atoms with van der Waals surface area (Å²) in [6.07, 6.45) is 4.14. The second kappa shape index (κ2) is 5.94. The Balaban J connectivity index is 1.62. The van der Waals surface area contributed by atoms with E-state index in [2.05, 4.69) is 10.6 Å². The van der Waals surface area contributed by atoms with Gasteiger partial charge in [0.2, 0.25) is 0 Å². The number of carbonyl (C=O) groups is 2. The van der Waals surface area contributed by atoms with Gasteiger partial charge in [-0.3, -0.25) is 4.79 Å². The number of amides is 1. The summed E-state index contributed by atoms with van der Waals surface area (Å²) in [6.45, 7) is 0. The molecule has 5 nitrogen and oxygen atoms in total. The molecule has 2 heterocycles. The van der Waals surface area contributed by atoms with Crippen molar-refractivity contribution in [1.82, 2.24) is 5.32 Å². The molecule has 1 amide bonds. The number of methoxy groups -OCH3 is 1. The van der Waals surface area contributed by atoms with E-state index in [0.29, 0.717) is 5.56 Å². The van der Waals surface area contributed by atoms with Crippen molar-refractivity contribution in [2.75, 3.05) is 12.4 Å². The fraction of sp³-hybridized carbons (Fsp3) is 0.333. The molecule has 6 heteroatoms. The number of carbonyl (C=O) groups excluding carboxylic acids is 2. The monoisotopic (exact) mass is 342 g/mol. The number of fused-ring (bicyclic) bond motifs is 3. The Morgan fingerprint density at radius 1 is 1.17 bits per heavy atom. The third-order valence-corrected chi connectivity index (χ3v) is 5.84. The number of benzene rings is 1. The van der Waals surface area contributed by atoms with Gasteiger partial charge in [-0.2, -0.15) is 0 Å². The van der Waals surface area contributed by atoms with Crippen LogP contribution in [0.3, 0.4) is 0 Å². The Kier molecular flexibility index (Phi) is 3.76. The number of aryl methyl sites for hydroxylation is 1. The van der Waals surface area contributed by atoms with Crippen LogP contribution in [0.25, 0.3) is 0 Å². The maximum absolute atomic E-state index is 12.6. The molecule has 4 rings (SSSR count). The number of thiophene rings is 1. The van der Waals surface area contributed by atoms with E-state index in [0.717, 1.165) is 35.4 Å². The fourth-order valence-corrected chi connectivity index (χ4v) is 4.69. The molecular formula is C18H18N2O3S. The van der Waals surface area contributed by atoms with Crippen molar-refractivity contribution in [3.8, 4) is 0 Å². The summed E-state index contributed by atoms with van der Waals surface area (Å²) < 4.78 is 4.71. The van der Waals surface area contributed by atoms with Crippen LogP contribution in [0.4, 0.5) is 5.00 Å². The Labute approximate surface area is 144 Å². The molecule has 0 saturated carbocycles. The number of hydrogen-bond acceptors (Lipinski definition) is 5. The summed E-state index contributed by atoms with van der Waals surface area (Å²) in [5.74, 6) is -0.374. The number of rotatable bonds is 2. The molecule has 2 N–H and O–H groups in total. The van der Waals surface area contributed by atoms with Gasteiger partial charge in [0.25, 0.3) is 5.91 Å². The van der Waals surface area contributed by atoms with Gasteiger partial charge in [0, 0.05) is 4.88 Å². The Bertz CT molecular complexity index is 810. The van der Waals surface area contributed by atoms with Gasteiger partial charge in [0.1, 0.15) is 11.2 Å². The van der Waals surface area contributed by atoms with E-state index in [1.807, 2.05) is 12.1 Å². The zero-order valence-electron chi connectivity index (χ0n) is 13.3. The third kappa shape index (κ3) is 2.47. The number of esters is 1. The van der Waals surface area contributed by atoms with Crippen LogP contribution < -0.4 is 10.6 Å². The molecule has 0 spiro atoms. The van der Waals surface area contributed by atoms with E-state index in [4.69, 9.17) is 4.74 Å². The lowest BCUT2D eigenvalue weighted by Crippen LogP contribution is -2.38. The lowest BCUT2D eigenvalue weighted by atomic mass is 9.94. The smallest absolute Gasteiger partial charge is 0.337 e. The largest absolute Gasteiger partial charge is 0.465 e. The number of nitrogens with one attached hydrogen (secondary N) is 2. The van der Waals surface area contributed by atoms with Crippen LogP contribution >= 0.6 is 11.3 Å². The van der Waals surface area contributed by atoms with E-state index in [9.17, 15) is 9.59 Å². The second-order valence-corrected chi connectivity index (χ2v) is 7.18. The Hall–Kier alpha value is -2.34. The summed E-state index contributed by atoms with van der Waals surface area (Å²) in [5.41, 5.74) is 3.46. The lowest BCUT2D eigenvalue weighted by Gasteiger charge is -2.26. The average Bonchev–Trinajstić information content (AvgIpc) is 3.00. The first kappa shape index (κ1) is 15.2. The van der Waals surface area contributed by atoms with Gasteiger partial charge in [-0.25, -0.2) is 4.79 Å². The highest BCUT2D eigenvalue weighted by atomic mass is 32.1. The van der Waals surface area contributed by atoms with Crippen molar-refractivity contribution >= 4 is 28.2 Å². The quantitative estimate of drug-likeness (QED) is 0.822. The predicted molar refractivity (Wildman–Crippen MR) is 92.6 cm³/mol. The Morgan fingerprint density at radius 3 is 2.67 bits per heavy atom. The van der Waals surface area contributed by atoms with Gasteiger partial charge in [0.15, 0.2) is 0 Å². The van der Waals surface area contributed by atoms with Gasteiger partial charge in [-0.15, -0.1) is 11.3 Å². The molecule has 2 aliphatic rings. The molecule has 1 aromatic carbocycles. The van der Waals surface area contributed by atoms with E-state index in [1.165, 1.54) is 24.0 Å². The summed E-state index contributed by atoms with van der Waals surface area (Å²) >= 11 is 1.71. The summed E-state index contributed by atoms with van der Waals surface area (Å²) in [4.78, 5) is 25.5. The van der Waals surface area contributed by atoms with Crippen molar-refractivity contribution in [3.05, 3.63) is 51.4 Å². The highest BCUT2D eigenvalue weighted by molar-refractivity contribution is 7.16. The molecule has 24 heavy (non-hydrogen) atoms. The van der Waals surface area contributed by atoms with Crippen molar-refractivity contribution < 1.29 is 14.3 Å². The number of anilines is 1. The first-order chi connectivity index (χ1) is 11.7. The molecule has 1 aliphatic carbocycles. The highest BCUT2D eigenvalue weighted by Crippen LogP contribution is 2.41. The van der Waals surface area contributed by atoms with Crippen LogP contribution in [0.15, 0.2) is 24.3 Å². The third-order valence-electron chi connectivity index (χ3n) is 4.61. The van der Waals surface area contributed by atoms with Gasteiger partial charge in [-0.1, -0.05) is 12.1 Å². The van der Waals surface area contributed by atoms with Crippen LogP contribution in [0.5, 0.6) is 0 Å². The lowest BCUT2D eigenvalue weighted by molar-refractivity contribution is 0.0600. The first-order valence-corrected chi connectivity index (χ1v) is 8.89. The molecule has 1 aromatic heterocycles. The molecule has 0 fully saturated rings. The normalized spacial score (nSPS) is 18.9. The average molecular weight is 342 g/mol. The molecule has 124 valence electrons. The van der Waals surface area contributed by atoms with Crippen molar-refractivity contribution in [2.24, 2.45) is 0 Å². The van der Waals surface area contributed by atoms with E-state index < -0.39 is 0 Å². The van der Waals surface area contributed by atoms with E-state index >= 15 is 0 Å². The number of ether oxygens (including phenoxy) is 1. The van der Waals surface area contributed by atoms with Crippen molar-refractivity contribution in [2.45, 2.75) is 31.8 Å². The maximum Gasteiger partial charge on any atom is 0.337 e. The minimum Gasteiger partial charge on any atom is -0.465 e. The summed E-state index contributed by atoms with van der Waals surface area (Å²) in [5, 5.41) is 7.43. The topological polar surface area (TPSA) is 67.4 Å². The number of hydrogen-bond donors (Lipinski definition) is 2. The van der Waals surface area contributed by atoms with Gasteiger partial charge < -0.3 is 15.4 Å². The van der Waals surface area contributed by atoms with Gasteiger partial charge in [0.05, 0.1) is 18.2 Å². The molecule has 1 atom stereocenters. The van der Waals surface area contributed by atoms with Gasteiger partial charge in [-0.05, 0) is 48.9 Å². The van der Waals surface area contributed by atoms with Crippen LogP contribution in [0.2, 0.25) is 0 Å². The zero-order chi connectivity index (χ0) is 16.7. The molecule has 0 saturated heterocycles. The summed E-state index contributed by atoms with van der Waals surface area (Å²) in [6, 6.07) is 7.10. The molecule has 2 aromatic rings. The van der Waals surface area contributed by atoms with E-state index in [-0.39, 0.29) is 18.0 Å². The van der Waals surface area contributed by atoms with Crippen LogP contribution in [0, 0.1) is 0 Å². The molecule has 1 aliphatic heterocycles. The van der Waals surface area contributed by atoms with Crippen molar-refractivity contribution in [3.63, 3.8) is 0 Å². The zero-order valence-corrected chi connectivity index (χ0v) is 14.2. The van der Waals surface area contributed by atoms with Crippen molar-refractivity contribution in [1.29, 1.82) is 0 Å². The minimum absolute atomic E-state index is 0.00908. The SMILES string of the molecule is COC(=O)c1ccc([C@H]2NC(=O)c3c(sc4c3CCCC4)N2)cc1. The van der Waals surface area contributed by atoms with Crippen LogP contribution in [0.1, 0.15) is 55.7 Å². The molecule has 0 unspecified atom stereocenters. The van der Waals surface area contributed by atoms with E-state index in [1.54, 1.807) is 23.5 Å². The van der Waals surface area contributed by atoms with Gasteiger partial charge >= 0.3 is 5.97 Å². The molecule has 0 radical (unpaired) electrons. The molecular weight excluding hydrogens is 324 g/mol. The Morgan fingerprint density at radius 2 is 1.92 bits per heavy atom. The molecule has 0 bridgehead atoms. The standard InChI is InChI=1S/C18H18N2O3S/c1-23-18(22)11-8-6-10(7-9-11)15-19-16(21)14-12-4-2-3-5-13(12)24-17(14)20-15/h6-9,15,20H,2-5H2,1H3,(H,19,21)/t15-/m0/s1. The fourth-order valence-electron chi connectivity index (χ4n) is 3.37. The van der Waals surface area contributed by atoms with Crippen LogP contribution in [-0.2, 0) is 17.6 Å². The van der Waals surface area contributed by atoms with Crippen LogP contribution in [-0.4, -0.2) is 19.0 Å². The maximum atomic E-state index is 12.6. The first-order valence-electron chi connectivity index (χ1n) is 8.07. The summed E-state index contributed by atoms with van der Waals surface area (Å²) in [7, 11) is 1.36. The predicted octanol–water partition coefficient (Wildman–Crippen LogP) is 3.27. The highest BCUT2D eigenvalue weighted by Gasteiger charge is 2.31.